The van der Waals surface area contributed by atoms with E-state index in [2.05, 4.69) is 23.9 Å². The first-order valence-corrected chi connectivity index (χ1v) is 10.6. The van der Waals surface area contributed by atoms with Crippen LogP contribution in [-0.2, 0) is 19.1 Å². The van der Waals surface area contributed by atoms with Gasteiger partial charge in [-0.1, -0.05) is 49.3 Å². The van der Waals surface area contributed by atoms with Crippen molar-refractivity contribution in [3.8, 4) is 0 Å². The average molecular weight is 425 g/mol. The van der Waals surface area contributed by atoms with Crippen LogP contribution in [0.1, 0.15) is 45.1 Å². The summed E-state index contributed by atoms with van der Waals surface area (Å²) in [6.45, 7) is 4.57. The van der Waals surface area contributed by atoms with Gasteiger partial charge in [0.2, 0.25) is 11.8 Å². The fraction of sp³-hybridized carbons (Fsp3) is 0.522. The van der Waals surface area contributed by atoms with Crippen molar-refractivity contribution in [1.29, 1.82) is 0 Å². The number of hydrogen-bond donors (Lipinski definition) is 0. The van der Waals surface area contributed by atoms with Gasteiger partial charge in [0, 0.05) is 36.9 Å². The van der Waals surface area contributed by atoms with Crippen LogP contribution in [0.3, 0.4) is 0 Å². The van der Waals surface area contributed by atoms with Gasteiger partial charge in [-0.3, -0.25) is 14.5 Å². The molecule has 8 heteroatoms. The molecule has 2 amide bonds. The normalized spacial score (nSPS) is 24.9. The minimum atomic E-state index is -0.404. The van der Waals surface area contributed by atoms with E-state index in [0.717, 1.165) is 5.56 Å². The predicted octanol–water partition coefficient (Wildman–Crippen LogP) is 4.12. The number of likely N-dealkylation sites (tertiary alicyclic amines) is 1. The van der Waals surface area contributed by atoms with Gasteiger partial charge in [0.25, 0.3) is 0 Å². The SMILES string of the molecule is CC1(C)[C@@H]2CC(=O)N(C(=O)CCN=[N+]=[N-])C[C@H]1C[C@@H](OC(=O)/C=C/c1ccccc1)C2. The molecular weight excluding hydrogens is 396 g/mol. The van der Waals surface area contributed by atoms with Crippen LogP contribution >= 0.6 is 0 Å². The number of fused-ring (bicyclic) bond motifs is 2. The van der Waals surface area contributed by atoms with Crippen LogP contribution in [0.25, 0.3) is 16.5 Å². The van der Waals surface area contributed by atoms with E-state index in [1.165, 1.54) is 11.0 Å². The van der Waals surface area contributed by atoms with E-state index >= 15 is 0 Å². The Balaban J connectivity index is 1.67. The van der Waals surface area contributed by atoms with Gasteiger partial charge in [0.15, 0.2) is 0 Å². The molecule has 1 aliphatic heterocycles. The van der Waals surface area contributed by atoms with E-state index in [-0.39, 0.29) is 54.6 Å². The van der Waals surface area contributed by atoms with Crippen LogP contribution in [0, 0.1) is 17.3 Å². The molecular formula is C23H28N4O4. The smallest absolute Gasteiger partial charge is 0.331 e. The molecule has 3 atom stereocenters. The van der Waals surface area contributed by atoms with E-state index < -0.39 is 5.97 Å². The summed E-state index contributed by atoms with van der Waals surface area (Å²) in [7, 11) is 0. The minimum absolute atomic E-state index is 0.0102. The number of imide groups is 1. The lowest BCUT2D eigenvalue weighted by atomic mass is 9.61. The Labute approximate surface area is 181 Å². The summed E-state index contributed by atoms with van der Waals surface area (Å²) in [5, 5.41) is 3.39. The zero-order chi connectivity index (χ0) is 22.4. The lowest BCUT2D eigenvalue weighted by Crippen LogP contribution is -2.45. The lowest BCUT2D eigenvalue weighted by molar-refractivity contribution is -0.150. The minimum Gasteiger partial charge on any atom is -0.459 e. The molecule has 1 aliphatic carbocycles. The maximum absolute atomic E-state index is 12.8. The zero-order valence-corrected chi connectivity index (χ0v) is 17.9. The Morgan fingerprint density at radius 2 is 1.97 bits per heavy atom. The number of esters is 1. The molecule has 2 aliphatic rings. The number of carbonyl (C=O) groups is 3. The molecule has 1 saturated carbocycles. The largest absolute Gasteiger partial charge is 0.459 e. The standard InChI is InChI=1S/C23H28N4O4/c1-23(2)17-12-19(31-22(30)9-8-16-6-4-3-5-7-16)13-18(23)15-27(21(29)14-17)20(28)10-11-25-26-24/h3-9,17-19H,10-15H2,1-2H3/b9-8+/t17-,18+,19-/m0/s1. The molecule has 3 rings (SSSR count). The van der Waals surface area contributed by atoms with Crippen molar-refractivity contribution in [2.75, 3.05) is 13.1 Å². The summed E-state index contributed by atoms with van der Waals surface area (Å²) in [6, 6.07) is 9.51. The number of amides is 2. The van der Waals surface area contributed by atoms with Crippen molar-refractivity contribution in [2.24, 2.45) is 22.4 Å². The van der Waals surface area contributed by atoms with Crippen molar-refractivity contribution >= 4 is 23.9 Å². The molecule has 1 aromatic rings. The number of nitrogens with zero attached hydrogens (tertiary/aromatic N) is 4. The molecule has 0 N–H and O–H groups in total. The van der Waals surface area contributed by atoms with Crippen LogP contribution in [0.5, 0.6) is 0 Å². The van der Waals surface area contributed by atoms with E-state index in [9.17, 15) is 14.4 Å². The second kappa shape index (κ2) is 9.79. The van der Waals surface area contributed by atoms with E-state index in [4.69, 9.17) is 10.3 Å². The highest BCUT2D eigenvalue weighted by atomic mass is 16.5. The van der Waals surface area contributed by atoms with Crippen LogP contribution in [0.2, 0.25) is 0 Å². The van der Waals surface area contributed by atoms with Crippen molar-refractivity contribution in [1.82, 2.24) is 4.90 Å². The Hall–Kier alpha value is -3.12. The molecule has 2 fully saturated rings. The number of rotatable bonds is 6. The fourth-order valence-electron chi connectivity index (χ4n) is 4.57. The molecule has 1 heterocycles. The van der Waals surface area contributed by atoms with Gasteiger partial charge in [-0.05, 0) is 47.3 Å². The predicted molar refractivity (Wildman–Crippen MR) is 115 cm³/mol. The highest BCUT2D eigenvalue weighted by Gasteiger charge is 2.49. The molecule has 164 valence electrons. The Bertz CT molecular complexity index is 905. The quantitative estimate of drug-likeness (QED) is 0.225. The number of benzene rings is 1. The average Bonchev–Trinajstić information content (AvgIpc) is 2.78. The molecule has 8 nitrogen and oxygen atoms in total. The van der Waals surface area contributed by atoms with Crippen LogP contribution in [0.15, 0.2) is 41.5 Å². The van der Waals surface area contributed by atoms with Gasteiger partial charge in [-0.15, -0.1) is 0 Å². The highest BCUT2D eigenvalue weighted by Crippen LogP contribution is 2.49. The third kappa shape index (κ3) is 5.52. The molecule has 0 spiro atoms. The first-order valence-electron chi connectivity index (χ1n) is 10.6. The summed E-state index contributed by atoms with van der Waals surface area (Å²) in [4.78, 5) is 41.6. The van der Waals surface area contributed by atoms with Crippen LogP contribution < -0.4 is 0 Å². The number of azide groups is 1. The fourth-order valence-corrected chi connectivity index (χ4v) is 4.57. The second-order valence-electron chi connectivity index (χ2n) is 8.80. The van der Waals surface area contributed by atoms with E-state index in [1.54, 1.807) is 6.08 Å². The maximum Gasteiger partial charge on any atom is 0.331 e. The number of carbonyl (C=O) groups excluding carboxylic acids is 3. The molecule has 31 heavy (non-hydrogen) atoms. The van der Waals surface area contributed by atoms with Crippen molar-refractivity contribution < 1.29 is 19.1 Å². The summed E-state index contributed by atoms with van der Waals surface area (Å²) in [5.74, 6) is -0.886. The molecule has 2 bridgehead atoms. The monoisotopic (exact) mass is 424 g/mol. The Morgan fingerprint density at radius 1 is 1.26 bits per heavy atom. The van der Waals surface area contributed by atoms with Crippen LogP contribution in [0.4, 0.5) is 0 Å². The third-order valence-corrected chi connectivity index (χ3v) is 6.61. The molecule has 1 aromatic carbocycles. The van der Waals surface area contributed by atoms with Gasteiger partial charge >= 0.3 is 5.97 Å². The van der Waals surface area contributed by atoms with Crippen molar-refractivity contribution in [2.45, 2.75) is 45.6 Å². The van der Waals surface area contributed by atoms with Gasteiger partial charge in [-0.25, -0.2) is 4.79 Å². The molecule has 0 radical (unpaired) electrons. The van der Waals surface area contributed by atoms with Crippen molar-refractivity contribution in [3.05, 3.63) is 52.4 Å². The first-order chi connectivity index (χ1) is 14.8. The number of hydrogen-bond acceptors (Lipinski definition) is 5. The van der Waals surface area contributed by atoms with Gasteiger partial charge in [0.05, 0.1) is 0 Å². The molecule has 1 saturated heterocycles. The topological polar surface area (TPSA) is 112 Å². The van der Waals surface area contributed by atoms with E-state index in [1.807, 2.05) is 30.3 Å². The number of ether oxygens (including phenoxy) is 1. The summed E-state index contributed by atoms with van der Waals surface area (Å²) in [6.07, 6.45) is 4.30. The summed E-state index contributed by atoms with van der Waals surface area (Å²) >= 11 is 0. The third-order valence-electron chi connectivity index (χ3n) is 6.61. The first kappa shape index (κ1) is 22.6. The summed E-state index contributed by atoms with van der Waals surface area (Å²) < 4.78 is 5.71. The highest BCUT2D eigenvalue weighted by molar-refractivity contribution is 5.95. The van der Waals surface area contributed by atoms with Gasteiger partial charge < -0.3 is 4.74 Å². The maximum atomic E-state index is 12.8. The zero-order valence-electron chi connectivity index (χ0n) is 17.9. The Morgan fingerprint density at radius 3 is 2.68 bits per heavy atom. The second-order valence-corrected chi connectivity index (χ2v) is 8.80. The Kier molecular flexibility index (Phi) is 7.13. The lowest BCUT2D eigenvalue weighted by Gasteiger charge is -2.46. The molecule has 0 unspecified atom stereocenters. The van der Waals surface area contributed by atoms with Crippen molar-refractivity contribution in [3.63, 3.8) is 0 Å². The summed E-state index contributed by atoms with van der Waals surface area (Å²) in [5.41, 5.74) is 9.16. The van der Waals surface area contributed by atoms with Gasteiger partial charge in [-0.2, -0.15) is 0 Å². The molecule has 0 aromatic heterocycles. The van der Waals surface area contributed by atoms with E-state index in [0.29, 0.717) is 19.4 Å². The van der Waals surface area contributed by atoms with Gasteiger partial charge in [0.1, 0.15) is 6.10 Å². The van der Waals surface area contributed by atoms with Crippen LogP contribution in [-0.4, -0.2) is 41.9 Å².